The average Bonchev–Trinajstić information content (AvgIpc) is 3.20. The number of pyridine rings is 1. The third-order valence-electron chi connectivity index (χ3n) is 5.58. The maximum Gasteiger partial charge on any atom is 0.410 e. The summed E-state index contributed by atoms with van der Waals surface area (Å²) in [5, 5.41) is 9.52. The number of nitrogens with zero attached hydrogens (tertiary/aromatic N) is 2. The van der Waals surface area contributed by atoms with Crippen LogP contribution in [0.3, 0.4) is 0 Å². The van der Waals surface area contributed by atoms with Gasteiger partial charge in [-0.3, -0.25) is 9.78 Å². The zero-order valence-electron chi connectivity index (χ0n) is 21.0. The maximum atomic E-state index is 13.3. The van der Waals surface area contributed by atoms with Crippen molar-refractivity contribution < 1.29 is 24.2 Å². The second kappa shape index (κ2) is 10.0. The van der Waals surface area contributed by atoms with Crippen molar-refractivity contribution in [1.82, 2.24) is 9.88 Å². The summed E-state index contributed by atoms with van der Waals surface area (Å²) in [5.74, 6) is -0.565. The van der Waals surface area contributed by atoms with Crippen molar-refractivity contribution >= 4 is 12.1 Å². The first-order valence-corrected chi connectivity index (χ1v) is 11.8. The molecule has 0 spiro atoms. The molecule has 2 aromatic rings. The molecule has 1 aliphatic heterocycles. The minimum Gasteiger partial charge on any atom is -0.506 e. The highest BCUT2D eigenvalue weighted by Gasteiger charge is 2.39. The number of aromatic hydroxyl groups is 1. The molecule has 1 saturated heterocycles. The van der Waals surface area contributed by atoms with Crippen molar-refractivity contribution in [2.75, 3.05) is 13.1 Å². The molecule has 0 bridgehead atoms. The monoisotopic (exact) mass is 468 g/mol. The molecule has 1 aliphatic rings. The number of benzene rings is 1. The van der Waals surface area contributed by atoms with E-state index in [0.717, 1.165) is 16.8 Å². The Hall–Kier alpha value is -3.09. The highest BCUT2D eigenvalue weighted by atomic mass is 16.6. The lowest BCUT2D eigenvalue weighted by atomic mass is 9.85. The minimum atomic E-state index is -0.601. The van der Waals surface area contributed by atoms with Crippen LogP contribution in [0.15, 0.2) is 42.6 Å². The predicted octanol–water partition coefficient (Wildman–Crippen LogP) is 5.21. The Morgan fingerprint density at radius 3 is 2.41 bits per heavy atom. The largest absolute Gasteiger partial charge is 0.506 e. The van der Waals surface area contributed by atoms with E-state index >= 15 is 0 Å². The van der Waals surface area contributed by atoms with Gasteiger partial charge in [0.2, 0.25) is 0 Å². The number of hydrogen-bond donors (Lipinski definition) is 1. The molecule has 0 radical (unpaired) electrons. The van der Waals surface area contributed by atoms with Crippen LogP contribution >= 0.6 is 0 Å². The van der Waals surface area contributed by atoms with Crippen LogP contribution in [0, 0.1) is 11.8 Å². The third-order valence-corrected chi connectivity index (χ3v) is 5.58. The highest BCUT2D eigenvalue weighted by molar-refractivity contribution is 5.74. The molecule has 3 rings (SSSR count). The van der Waals surface area contributed by atoms with Crippen LogP contribution in [-0.2, 0) is 20.7 Å². The molecule has 1 aromatic carbocycles. The first kappa shape index (κ1) is 25.5. The van der Waals surface area contributed by atoms with E-state index in [1.807, 2.05) is 65.8 Å². The third kappa shape index (κ3) is 7.20. The summed E-state index contributed by atoms with van der Waals surface area (Å²) >= 11 is 0. The molecule has 0 aliphatic carbocycles. The van der Waals surface area contributed by atoms with Crippen LogP contribution < -0.4 is 0 Å². The standard InChI is InChI=1S/C27H36N2O5/c1-26(2,3)33-24(31)22(20-12-13-29(17-20)25(32)34-27(4,5)6)15-18-8-7-9-19(14-18)23-11-10-21(30)16-28-23/h7-11,14,16,20,22,30H,12-13,15,17H2,1-6H3/t20-,22-/m0/s1. The molecule has 1 N–H and O–H groups in total. The molecule has 0 saturated carbocycles. The van der Waals surface area contributed by atoms with Crippen molar-refractivity contribution in [3.8, 4) is 17.0 Å². The van der Waals surface area contributed by atoms with Gasteiger partial charge in [-0.2, -0.15) is 0 Å². The summed E-state index contributed by atoms with van der Waals surface area (Å²) in [5.41, 5.74) is 1.46. The second-order valence-electron chi connectivity index (χ2n) is 10.9. The van der Waals surface area contributed by atoms with Crippen molar-refractivity contribution in [2.24, 2.45) is 11.8 Å². The topological polar surface area (TPSA) is 89.0 Å². The van der Waals surface area contributed by atoms with Gasteiger partial charge in [-0.05, 0) is 84.1 Å². The van der Waals surface area contributed by atoms with Gasteiger partial charge in [-0.15, -0.1) is 0 Å². The fourth-order valence-electron chi connectivity index (χ4n) is 4.10. The van der Waals surface area contributed by atoms with Crippen LogP contribution in [-0.4, -0.2) is 51.3 Å². The Bertz CT molecular complexity index is 1000. The van der Waals surface area contributed by atoms with Gasteiger partial charge in [-0.1, -0.05) is 18.2 Å². The maximum absolute atomic E-state index is 13.3. The van der Waals surface area contributed by atoms with E-state index in [1.165, 1.54) is 6.20 Å². The molecule has 0 unspecified atom stereocenters. The van der Waals surface area contributed by atoms with E-state index in [-0.39, 0.29) is 23.7 Å². The Kier molecular flexibility index (Phi) is 7.54. The van der Waals surface area contributed by atoms with Crippen LogP contribution in [0.25, 0.3) is 11.3 Å². The molecular weight excluding hydrogens is 432 g/mol. The number of rotatable bonds is 5. The van der Waals surface area contributed by atoms with E-state index < -0.39 is 17.1 Å². The molecule has 184 valence electrons. The fraction of sp³-hybridized carbons (Fsp3) is 0.519. The quantitative estimate of drug-likeness (QED) is 0.606. The summed E-state index contributed by atoms with van der Waals surface area (Å²) in [6.07, 6.45) is 2.27. The first-order chi connectivity index (χ1) is 15.8. The smallest absolute Gasteiger partial charge is 0.410 e. The highest BCUT2D eigenvalue weighted by Crippen LogP contribution is 2.31. The Morgan fingerprint density at radius 2 is 1.79 bits per heavy atom. The van der Waals surface area contributed by atoms with Crippen molar-refractivity contribution in [2.45, 2.75) is 65.6 Å². The van der Waals surface area contributed by atoms with Gasteiger partial charge in [0.25, 0.3) is 0 Å². The summed E-state index contributed by atoms with van der Waals surface area (Å²) in [6, 6.07) is 11.2. The summed E-state index contributed by atoms with van der Waals surface area (Å²) in [4.78, 5) is 31.8. The zero-order valence-corrected chi connectivity index (χ0v) is 21.0. The van der Waals surface area contributed by atoms with Crippen molar-refractivity contribution in [1.29, 1.82) is 0 Å². The van der Waals surface area contributed by atoms with E-state index in [1.54, 1.807) is 17.0 Å². The lowest BCUT2D eigenvalue weighted by Crippen LogP contribution is -2.38. The Morgan fingerprint density at radius 1 is 1.09 bits per heavy atom. The fourth-order valence-corrected chi connectivity index (χ4v) is 4.10. The lowest BCUT2D eigenvalue weighted by Gasteiger charge is -2.28. The van der Waals surface area contributed by atoms with E-state index in [9.17, 15) is 14.7 Å². The molecule has 1 fully saturated rings. The van der Waals surface area contributed by atoms with Gasteiger partial charge >= 0.3 is 12.1 Å². The predicted molar refractivity (Wildman–Crippen MR) is 130 cm³/mol. The molecule has 7 heteroatoms. The van der Waals surface area contributed by atoms with Gasteiger partial charge in [-0.25, -0.2) is 4.79 Å². The molecule has 1 amide bonds. The lowest BCUT2D eigenvalue weighted by molar-refractivity contribution is -0.161. The van der Waals surface area contributed by atoms with Gasteiger partial charge in [0.1, 0.15) is 17.0 Å². The normalized spacial score (nSPS) is 17.4. The Balaban J connectivity index is 1.81. The number of carbonyl (C=O) groups excluding carboxylic acids is 2. The minimum absolute atomic E-state index is 0.0298. The summed E-state index contributed by atoms with van der Waals surface area (Å²) in [6.45, 7) is 12.1. The van der Waals surface area contributed by atoms with E-state index in [2.05, 4.69) is 4.98 Å². The van der Waals surface area contributed by atoms with Gasteiger partial charge < -0.3 is 19.5 Å². The van der Waals surface area contributed by atoms with Gasteiger partial charge in [0.15, 0.2) is 0 Å². The zero-order chi connectivity index (χ0) is 25.1. The van der Waals surface area contributed by atoms with E-state index in [4.69, 9.17) is 9.47 Å². The number of carbonyl (C=O) groups is 2. The van der Waals surface area contributed by atoms with Crippen LogP contribution in [0.2, 0.25) is 0 Å². The van der Waals surface area contributed by atoms with Crippen LogP contribution in [0.4, 0.5) is 4.79 Å². The van der Waals surface area contributed by atoms with Crippen LogP contribution in [0.1, 0.15) is 53.5 Å². The molecular formula is C27H36N2O5. The average molecular weight is 469 g/mol. The summed E-state index contributed by atoms with van der Waals surface area (Å²) < 4.78 is 11.3. The summed E-state index contributed by atoms with van der Waals surface area (Å²) in [7, 11) is 0. The SMILES string of the molecule is CC(C)(C)OC(=O)[C@@H](Cc1cccc(-c2ccc(O)cn2)c1)[C@H]1CCN(C(=O)OC(C)(C)C)C1. The molecule has 7 nitrogen and oxygen atoms in total. The number of amides is 1. The number of hydrogen-bond acceptors (Lipinski definition) is 6. The number of esters is 1. The van der Waals surface area contributed by atoms with Crippen molar-refractivity contribution in [3.63, 3.8) is 0 Å². The molecule has 2 heterocycles. The second-order valence-corrected chi connectivity index (χ2v) is 10.9. The Labute approximate surface area is 202 Å². The molecule has 1 aromatic heterocycles. The van der Waals surface area contributed by atoms with Crippen molar-refractivity contribution in [3.05, 3.63) is 48.2 Å². The van der Waals surface area contributed by atoms with Gasteiger partial charge in [0, 0.05) is 18.7 Å². The van der Waals surface area contributed by atoms with E-state index in [0.29, 0.717) is 25.9 Å². The van der Waals surface area contributed by atoms with Crippen LogP contribution in [0.5, 0.6) is 5.75 Å². The number of ether oxygens (including phenoxy) is 2. The van der Waals surface area contributed by atoms with Gasteiger partial charge in [0.05, 0.1) is 17.8 Å². The molecule has 34 heavy (non-hydrogen) atoms. The first-order valence-electron chi connectivity index (χ1n) is 11.8. The molecule has 2 atom stereocenters. The number of aromatic nitrogens is 1. The number of likely N-dealkylation sites (tertiary alicyclic amines) is 1.